The summed E-state index contributed by atoms with van der Waals surface area (Å²) in [5.41, 5.74) is 2.44. The number of hydrogen-bond acceptors (Lipinski definition) is 4. The normalized spacial score (nSPS) is 11.8. The average Bonchev–Trinajstić information content (AvgIpc) is 2.68. The molecule has 19 heavy (non-hydrogen) atoms. The first kappa shape index (κ1) is 13.9. The van der Waals surface area contributed by atoms with Gasteiger partial charge in [-0.1, -0.05) is 62.4 Å². The number of thioether (sulfide) groups is 1. The van der Waals surface area contributed by atoms with Gasteiger partial charge in [0.25, 0.3) is 0 Å². The summed E-state index contributed by atoms with van der Waals surface area (Å²) < 4.78 is 1.60. The molecule has 1 heterocycles. The molecule has 0 saturated carbocycles. The van der Waals surface area contributed by atoms with Crippen LogP contribution in [0.3, 0.4) is 0 Å². The summed E-state index contributed by atoms with van der Waals surface area (Å²) in [6.07, 6.45) is 0. The molecular weight excluding hydrogens is 256 g/mol. The van der Waals surface area contributed by atoms with Gasteiger partial charge < -0.3 is 5.84 Å². The van der Waals surface area contributed by atoms with E-state index in [0.717, 1.165) is 16.7 Å². The SMILES string of the molecule is Cc1cccc(CSc2nnc(C(C)(C)C)n2N)c1. The third-order valence-electron chi connectivity index (χ3n) is 2.79. The van der Waals surface area contributed by atoms with Crippen LogP contribution in [0, 0.1) is 6.92 Å². The summed E-state index contributed by atoms with van der Waals surface area (Å²) in [6.45, 7) is 8.33. The van der Waals surface area contributed by atoms with E-state index in [0.29, 0.717) is 0 Å². The molecule has 0 fully saturated rings. The standard InChI is InChI=1S/C14H20N4S/c1-10-6-5-7-11(8-10)9-19-13-17-16-12(18(13)15)14(2,3)4/h5-8H,9,15H2,1-4H3. The lowest BCUT2D eigenvalue weighted by Gasteiger charge is -2.16. The van der Waals surface area contributed by atoms with Crippen LogP contribution in [0.4, 0.5) is 0 Å². The Hall–Kier alpha value is -1.49. The molecule has 0 aliphatic heterocycles. The second-order valence-corrected chi connectivity index (χ2v) is 6.65. The van der Waals surface area contributed by atoms with Crippen molar-refractivity contribution >= 4 is 11.8 Å². The van der Waals surface area contributed by atoms with Gasteiger partial charge >= 0.3 is 0 Å². The predicted octanol–water partition coefficient (Wildman–Crippen LogP) is 2.89. The molecule has 1 aromatic carbocycles. The lowest BCUT2D eigenvalue weighted by Crippen LogP contribution is -2.24. The van der Waals surface area contributed by atoms with Crippen LogP contribution in [-0.2, 0) is 11.2 Å². The second kappa shape index (κ2) is 5.25. The highest BCUT2D eigenvalue weighted by Gasteiger charge is 2.22. The first-order valence-electron chi connectivity index (χ1n) is 6.27. The Bertz CT molecular complexity index is 569. The zero-order chi connectivity index (χ0) is 14.0. The zero-order valence-corrected chi connectivity index (χ0v) is 12.7. The second-order valence-electron chi connectivity index (χ2n) is 5.70. The quantitative estimate of drug-likeness (QED) is 0.692. The molecule has 0 aliphatic carbocycles. The van der Waals surface area contributed by atoms with E-state index >= 15 is 0 Å². The lowest BCUT2D eigenvalue weighted by molar-refractivity contribution is 0.523. The Labute approximate surface area is 118 Å². The van der Waals surface area contributed by atoms with Gasteiger partial charge in [-0.15, -0.1) is 10.2 Å². The van der Waals surface area contributed by atoms with Crippen LogP contribution < -0.4 is 5.84 Å². The largest absolute Gasteiger partial charge is 0.336 e. The van der Waals surface area contributed by atoms with Crippen molar-refractivity contribution in [3.8, 4) is 0 Å². The zero-order valence-electron chi connectivity index (χ0n) is 11.8. The molecule has 102 valence electrons. The smallest absolute Gasteiger partial charge is 0.210 e. The molecule has 1 aromatic heterocycles. The van der Waals surface area contributed by atoms with Gasteiger partial charge in [0, 0.05) is 11.2 Å². The molecular formula is C14H20N4S. The highest BCUT2D eigenvalue weighted by Crippen LogP contribution is 2.25. The fourth-order valence-electron chi connectivity index (χ4n) is 1.84. The maximum Gasteiger partial charge on any atom is 0.210 e. The third-order valence-corrected chi connectivity index (χ3v) is 3.80. The van der Waals surface area contributed by atoms with E-state index < -0.39 is 0 Å². The maximum atomic E-state index is 6.05. The van der Waals surface area contributed by atoms with Crippen molar-refractivity contribution in [1.29, 1.82) is 0 Å². The van der Waals surface area contributed by atoms with Crippen LogP contribution in [0.15, 0.2) is 29.4 Å². The number of hydrogen-bond donors (Lipinski definition) is 1. The van der Waals surface area contributed by atoms with E-state index in [1.165, 1.54) is 11.1 Å². The van der Waals surface area contributed by atoms with E-state index in [4.69, 9.17) is 5.84 Å². The van der Waals surface area contributed by atoms with Crippen molar-refractivity contribution in [3.63, 3.8) is 0 Å². The molecule has 0 atom stereocenters. The fraction of sp³-hybridized carbons (Fsp3) is 0.429. The maximum absolute atomic E-state index is 6.05. The predicted molar refractivity (Wildman–Crippen MR) is 79.6 cm³/mol. The lowest BCUT2D eigenvalue weighted by atomic mass is 9.96. The van der Waals surface area contributed by atoms with Crippen LogP contribution in [0.1, 0.15) is 37.7 Å². The van der Waals surface area contributed by atoms with E-state index in [1.807, 2.05) is 0 Å². The Morgan fingerprint density at radius 3 is 2.58 bits per heavy atom. The molecule has 0 saturated heterocycles. The minimum Gasteiger partial charge on any atom is -0.336 e. The number of nitrogens with zero attached hydrogens (tertiary/aromatic N) is 3. The Morgan fingerprint density at radius 2 is 2.00 bits per heavy atom. The summed E-state index contributed by atoms with van der Waals surface area (Å²) in [6, 6.07) is 8.45. The van der Waals surface area contributed by atoms with Crippen molar-refractivity contribution < 1.29 is 0 Å². The first-order valence-corrected chi connectivity index (χ1v) is 7.26. The average molecular weight is 276 g/mol. The molecule has 0 aliphatic rings. The van der Waals surface area contributed by atoms with E-state index in [9.17, 15) is 0 Å². The molecule has 2 N–H and O–H groups in total. The highest BCUT2D eigenvalue weighted by molar-refractivity contribution is 7.98. The fourth-order valence-corrected chi connectivity index (χ4v) is 2.64. The van der Waals surface area contributed by atoms with Crippen LogP contribution >= 0.6 is 11.8 Å². The van der Waals surface area contributed by atoms with Gasteiger partial charge in [-0.2, -0.15) is 0 Å². The van der Waals surface area contributed by atoms with Crippen LogP contribution in [0.25, 0.3) is 0 Å². The summed E-state index contributed by atoms with van der Waals surface area (Å²) >= 11 is 1.61. The molecule has 5 heteroatoms. The minimum absolute atomic E-state index is 0.0934. The topological polar surface area (TPSA) is 56.7 Å². The number of nitrogens with two attached hydrogens (primary N) is 1. The van der Waals surface area contributed by atoms with Gasteiger partial charge in [0.15, 0.2) is 5.82 Å². The number of rotatable bonds is 3. The van der Waals surface area contributed by atoms with Gasteiger partial charge in [-0.05, 0) is 12.5 Å². The van der Waals surface area contributed by atoms with Crippen molar-refractivity contribution in [2.24, 2.45) is 0 Å². The van der Waals surface area contributed by atoms with E-state index in [1.54, 1.807) is 16.4 Å². The van der Waals surface area contributed by atoms with Crippen molar-refractivity contribution in [2.75, 3.05) is 5.84 Å². The number of aromatic nitrogens is 3. The molecule has 0 amide bonds. The van der Waals surface area contributed by atoms with E-state index in [-0.39, 0.29) is 5.41 Å². The number of aryl methyl sites for hydroxylation is 1. The van der Waals surface area contributed by atoms with Gasteiger partial charge in [-0.3, -0.25) is 0 Å². The van der Waals surface area contributed by atoms with Crippen molar-refractivity contribution in [3.05, 3.63) is 41.2 Å². The van der Waals surface area contributed by atoms with Gasteiger partial charge in [0.05, 0.1) is 0 Å². The number of benzene rings is 1. The van der Waals surface area contributed by atoms with Gasteiger partial charge in [0.1, 0.15) is 0 Å². The third kappa shape index (κ3) is 3.29. The Balaban J connectivity index is 2.11. The van der Waals surface area contributed by atoms with Crippen LogP contribution in [0.2, 0.25) is 0 Å². The molecule has 0 radical (unpaired) electrons. The van der Waals surface area contributed by atoms with Crippen LogP contribution in [0.5, 0.6) is 0 Å². The summed E-state index contributed by atoms with van der Waals surface area (Å²) in [5.74, 6) is 7.71. The molecule has 2 rings (SSSR count). The minimum atomic E-state index is -0.0934. The first-order chi connectivity index (χ1) is 8.88. The van der Waals surface area contributed by atoms with E-state index in [2.05, 4.69) is 62.2 Å². The monoisotopic (exact) mass is 276 g/mol. The van der Waals surface area contributed by atoms with Crippen molar-refractivity contribution in [2.45, 2.75) is 44.0 Å². The van der Waals surface area contributed by atoms with Crippen LogP contribution in [-0.4, -0.2) is 14.9 Å². The molecule has 0 spiro atoms. The van der Waals surface area contributed by atoms with Gasteiger partial charge in [-0.25, -0.2) is 4.68 Å². The Kier molecular flexibility index (Phi) is 3.85. The number of nitrogen functional groups attached to an aromatic ring is 1. The molecule has 0 unspecified atom stereocenters. The molecule has 0 bridgehead atoms. The summed E-state index contributed by atoms with van der Waals surface area (Å²) in [5, 5.41) is 9.11. The van der Waals surface area contributed by atoms with Crippen molar-refractivity contribution in [1.82, 2.24) is 14.9 Å². The Morgan fingerprint density at radius 1 is 1.26 bits per heavy atom. The highest BCUT2D eigenvalue weighted by atomic mass is 32.2. The summed E-state index contributed by atoms with van der Waals surface area (Å²) in [4.78, 5) is 0. The van der Waals surface area contributed by atoms with Gasteiger partial charge in [0.2, 0.25) is 5.16 Å². The summed E-state index contributed by atoms with van der Waals surface area (Å²) in [7, 11) is 0. The molecule has 2 aromatic rings. The molecule has 4 nitrogen and oxygen atoms in total.